The van der Waals surface area contributed by atoms with Crippen LogP contribution in [0.1, 0.15) is 0 Å². The summed E-state index contributed by atoms with van der Waals surface area (Å²) in [7, 11) is 0. The number of anilines is 1. The number of rotatable bonds is 1. The van der Waals surface area contributed by atoms with E-state index in [2.05, 4.69) is 5.32 Å². The molecule has 0 bridgehead atoms. The van der Waals surface area contributed by atoms with Crippen molar-refractivity contribution in [1.29, 1.82) is 0 Å². The van der Waals surface area contributed by atoms with Crippen LogP contribution < -0.4 is 5.32 Å². The van der Waals surface area contributed by atoms with Gasteiger partial charge in [-0.05, 0) is 12.1 Å². The maximum atomic E-state index is 13.4. The lowest BCUT2D eigenvalue weighted by Gasteiger charge is -2.28. The molecular formula is C12H13FN2O2S. The maximum absolute atomic E-state index is 13.4. The van der Waals surface area contributed by atoms with Gasteiger partial charge in [0.2, 0.25) is 0 Å². The predicted octanol–water partition coefficient (Wildman–Crippen LogP) is 1.42. The highest BCUT2D eigenvalue weighted by Crippen LogP contribution is 2.12. The molecule has 6 heteroatoms. The standard InChI is InChI=1S/C12H13FN2O2S/c13-9-3-1-2-4-10(9)14-11(16)12(18)15-5-7-17-8-6-15/h1-4H,5-8H2,(H,14,16). The lowest BCUT2D eigenvalue weighted by Crippen LogP contribution is -2.44. The van der Waals surface area contributed by atoms with Gasteiger partial charge < -0.3 is 15.0 Å². The Labute approximate surface area is 110 Å². The van der Waals surface area contributed by atoms with Crippen molar-refractivity contribution in [2.75, 3.05) is 31.6 Å². The molecule has 0 radical (unpaired) electrons. The fourth-order valence-corrected chi connectivity index (χ4v) is 1.88. The average Bonchev–Trinajstić information content (AvgIpc) is 2.41. The zero-order valence-electron chi connectivity index (χ0n) is 9.69. The van der Waals surface area contributed by atoms with Gasteiger partial charge in [-0.1, -0.05) is 24.4 Å². The Hall–Kier alpha value is -1.53. The Bertz CT molecular complexity index is 461. The molecular weight excluding hydrogens is 255 g/mol. The van der Waals surface area contributed by atoms with Crippen molar-refractivity contribution >= 4 is 28.8 Å². The summed E-state index contributed by atoms with van der Waals surface area (Å²) >= 11 is 5.07. The first kappa shape index (κ1) is 12.9. The molecule has 0 unspecified atom stereocenters. The van der Waals surface area contributed by atoms with Gasteiger partial charge in [-0.25, -0.2) is 4.39 Å². The van der Waals surface area contributed by atoms with E-state index in [4.69, 9.17) is 17.0 Å². The maximum Gasteiger partial charge on any atom is 0.283 e. The first-order valence-electron chi connectivity index (χ1n) is 5.61. The number of thiocarbonyl (C=S) groups is 1. The number of hydrogen-bond acceptors (Lipinski definition) is 3. The largest absolute Gasteiger partial charge is 0.378 e. The van der Waals surface area contributed by atoms with Crippen molar-refractivity contribution in [1.82, 2.24) is 4.90 Å². The van der Waals surface area contributed by atoms with Gasteiger partial charge in [0.15, 0.2) is 4.99 Å². The SMILES string of the molecule is O=C(Nc1ccccc1F)C(=S)N1CCOCC1. The quantitative estimate of drug-likeness (QED) is 0.782. The molecule has 1 heterocycles. The number of halogens is 1. The van der Waals surface area contributed by atoms with Gasteiger partial charge in [-0.2, -0.15) is 0 Å². The van der Waals surface area contributed by atoms with E-state index < -0.39 is 11.7 Å². The van der Waals surface area contributed by atoms with E-state index in [-0.39, 0.29) is 10.7 Å². The molecule has 2 rings (SSSR count). The van der Waals surface area contributed by atoms with E-state index in [0.29, 0.717) is 26.3 Å². The fraction of sp³-hybridized carbons (Fsp3) is 0.333. The number of para-hydroxylation sites is 1. The topological polar surface area (TPSA) is 41.6 Å². The molecule has 1 aliphatic heterocycles. The molecule has 0 spiro atoms. The lowest BCUT2D eigenvalue weighted by molar-refractivity contribution is -0.111. The van der Waals surface area contributed by atoms with Gasteiger partial charge in [0, 0.05) is 13.1 Å². The number of morpholine rings is 1. The van der Waals surface area contributed by atoms with Gasteiger partial charge >= 0.3 is 0 Å². The molecule has 1 amide bonds. The van der Waals surface area contributed by atoms with E-state index in [1.165, 1.54) is 12.1 Å². The van der Waals surface area contributed by atoms with Crippen LogP contribution in [0, 0.1) is 5.82 Å². The summed E-state index contributed by atoms with van der Waals surface area (Å²) < 4.78 is 18.5. The minimum Gasteiger partial charge on any atom is -0.378 e. The third kappa shape index (κ3) is 3.02. The van der Waals surface area contributed by atoms with Crippen LogP contribution in [-0.4, -0.2) is 42.1 Å². The van der Waals surface area contributed by atoms with E-state index in [0.717, 1.165) is 0 Å². The van der Waals surface area contributed by atoms with Crippen LogP contribution in [0.5, 0.6) is 0 Å². The summed E-state index contributed by atoms with van der Waals surface area (Å²) in [6.07, 6.45) is 0. The third-order valence-corrected chi connectivity index (χ3v) is 3.06. The second-order valence-electron chi connectivity index (χ2n) is 3.84. The van der Waals surface area contributed by atoms with E-state index >= 15 is 0 Å². The Morgan fingerprint density at radius 3 is 2.67 bits per heavy atom. The van der Waals surface area contributed by atoms with E-state index in [1.807, 2.05) is 0 Å². The average molecular weight is 268 g/mol. The van der Waals surface area contributed by atoms with Gasteiger partial charge in [0.1, 0.15) is 5.82 Å². The Morgan fingerprint density at radius 1 is 1.33 bits per heavy atom. The van der Waals surface area contributed by atoms with Gasteiger partial charge in [-0.3, -0.25) is 4.79 Å². The molecule has 96 valence electrons. The summed E-state index contributed by atoms with van der Waals surface area (Å²) in [4.78, 5) is 13.8. The first-order valence-corrected chi connectivity index (χ1v) is 6.02. The summed E-state index contributed by atoms with van der Waals surface area (Å²) in [5, 5.41) is 2.47. The van der Waals surface area contributed by atoms with Crippen LogP contribution in [0.2, 0.25) is 0 Å². The number of nitrogens with zero attached hydrogens (tertiary/aromatic N) is 1. The van der Waals surface area contributed by atoms with Crippen molar-refractivity contribution in [2.24, 2.45) is 0 Å². The molecule has 1 N–H and O–H groups in total. The molecule has 0 aliphatic carbocycles. The predicted molar refractivity (Wildman–Crippen MR) is 70.0 cm³/mol. The number of benzene rings is 1. The van der Waals surface area contributed by atoms with Crippen molar-refractivity contribution < 1.29 is 13.9 Å². The zero-order valence-corrected chi connectivity index (χ0v) is 10.5. The summed E-state index contributed by atoms with van der Waals surface area (Å²) in [5.74, 6) is -0.937. The van der Waals surface area contributed by atoms with Crippen LogP contribution in [-0.2, 0) is 9.53 Å². The van der Waals surface area contributed by atoms with Crippen LogP contribution in [0.25, 0.3) is 0 Å². The number of amides is 1. The summed E-state index contributed by atoms with van der Waals surface area (Å²) in [6, 6.07) is 5.99. The highest BCUT2D eigenvalue weighted by molar-refractivity contribution is 7.82. The first-order chi connectivity index (χ1) is 8.68. The normalized spacial score (nSPS) is 15.3. The van der Waals surface area contributed by atoms with Crippen molar-refractivity contribution in [3.8, 4) is 0 Å². The Balaban J connectivity index is 1.99. The Kier molecular flexibility index (Phi) is 4.22. The molecule has 18 heavy (non-hydrogen) atoms. The van der Waals surface area contributed by atoms with E-state index in [1.54, 1.807) is 17.0 Å². The minimum absolute atomic E-state index is 0.137. The van der Waals surface area contributed by atoms with E-state index in [9.17, 15) is 9.18 Å². The Morgan fingerprint density at radius 2 is 2.00 bits per heavy atom. The minimum atomic E-state index is -0.476. The second kappa shape index (κ2) is 5.88. The molecule has 1 aromatic carbocycles. The number of carbonyl (C=O) groups excluding carboxylic acids is 1. The molecule has 0 aromatic heterocycles. The smallest absolute Gasteiger partial charge is 0.283 e. The van der Waals surface area contributed by atoms with Crippen LogP contribution in [0.15, 0.2) is 24.3 Å². The van der Waals surface area contributed by atoms with Crippen molar-refractivity contribution in [2.45, 2.75) is 0 Å². The number of nitrogens with one attached hydrogen (secondary N) is 1. The van der Waals surface area contributed by atoms with Crippen molar-refractivity contribution in [3.63, 3.8) is 0 Å². The third-order valence-electron chi connectivity index (χ3n) is 2.61. The van der Waals surface area contributed by atoms with Crippen LogP contribution >= 0.6 is 12.2 Å². The molecule has 4 nitrogen and oxygen atoms in total. The fourth-order valence-electron chi connectivity index (χ4n) is 1.65. The monoisotopic (exact) mass is 268 g/mol. The molecule has 1 fully saturated rings. The van der Waals surface area contributed by atoms with Crippen LogP contribution in [0.3, 0.4) is 0 Å². The highest BCUT2D eigenvalue weighted by atomic mass is 32.1. The molecule has 1 saturated heterocycles. The van der Waals surface area contributed by atoms with Crippen molar-refractivity contribution in [3.05, 3.63) is 30.1 Å². The zero-order chi connectivity index (χ0) is 13.0. The van der Waals surface area contributed by atoms with Gasteiger partial charge in [-0.15, -0.1) is 0 Å². The van der Waals surface area contributed by atoms with Gasteiger partial charge in [0.05, 0.1) is 18.9 Å². The second-order valence-corrected chi connectivity index (χ2v) is 4.23. The summed E-state index contributed by atoms with van der Waals surface area (Å²) in [5.41, 5.74) is 0.137. The number of carbonyl (C=O) groups is 1. The molecule has 0 saturated carbocycles. The molecule has 1 aliphatic rings. The van der Waals surface area contributed by atoms with Gasteiger partial charge in [0.25, 0.3) is 5.91 Å². The molecule has 1 aromatic rings. The number of ether oxygens (including phenoxy) is 1. The molecule has 0 atom stereocenters. The lowest BCUT2D eigenvalue weighted by atomic mass is 10.3. The highest BCUT2D eigenvalue weighted by Gasteiger charge is 2.20. The number of hydrogen-bond donors (Lipinski definition) is 1. The summed E-state index contributed by atoms with van der Waals surface area (Å²) in [6.45, 7) is 2.27. The van der Waals surface area contributed by atoms with Crippen LogP contribution in [0.4, 0.5) is 10.1 Å².